The first-order chi connectivity index (χ1) is 9.61. The van der Waals surface area contributed by atoms with Crippen LogP contribution < -0.4 is 4.74 Å². The molecule has 0 amide bonds. The van der Waals surface area contributed by atoms with Crippen molar-refractivity contribution in [3.63, 3.8) is 0 Å². The molecule has 20 heavy (non-hydrogen) atoms. The van der Waals surface area contributed by atoms with Crippen LogP contribution in [0.15, 0.2) is 36.8 Å². The second-order valence-corrected chi connectivity index (χ2v) is 4.34. The van der Waals surface area contributed by atoms with E-state index in [1.165, 1.54) is 18.6 Å². The largest absolute Gasteiger partial charge is 0.436 e. The van der Waals surface area contributed by atoms with Crippen LogP contribution in [0.1, 0.15) is 0 Å². The van der Waals surface area contributed by atoms with Crippen LogP contribution >= 0.6 is 11.6 Å². The van der Waals surface area contributed by atoms with Crippen molar-refractivity contribution < 1.29 is 13.5 Å². The van der Waals surface area contributed by atoms with Gasteiger partial charge in [0.15, 0.2) is 11.6 Å². The number of fused-ring (bicyclic) bond motifs is 1. The van der Waals surface area contributed by atoms with Crippen LogP contribution in [0.4, 0.5) is 8.78 Å². The highest BCUT2D eigenvalue weighted by atomic mass is 35.5. The molecule has 0 bridgehead atoms. The van der Waals surface area contributed by atoms with E-state index < -0.39 is 11.6 Å². The van der Waals surface area contributed by atoms with Crippen molar-refractivity contribution in [1.29, 1.82) is 0 Å². The van der Waals surface area contributed by atoms with Crippen molar-refractivity contribution in [3.8, 4) is 11.6 Å². The predicted molar refractivity (Wildman–Crippen MR) is 68.8 cm³/mol. The summed E-state index contributed by atoms with van der Waals surface area (Å²) in [5, 5.41) is 0.407. The van der Waals surface area contributed by atoms with Crippen LogP contribution in [-0.2, 0) is 0 Å². The van der Waals surface area contributed by atoms with Crippen LogP contribution in [0.3, 0.4) is 0 Å². The molecule has 0 saturated heterocycles. The Morgan fingerprint density at radius 1 is 0.950 bits per heavy atom. The zero-order valence-electron chi connectivity index (χ0n) is 9.85. The lowest BCUT2D eigenvalue weighted by Gasteiger charge is -2.05. The molecule has 2 heterocycles. The molecule has 0 radical (unpaired) electrons. The number of hydrogen-bond acceptors (Lipinski definition) is 4. The van der Waals surface area contributed by atoms with Gasteiger partial charge in [0.25, 0.3) is 0 Å². The summed E-state index contributed by atoms with van der Waals surface area (Å²) in [5.41, 5.74) is 0.428. The van der Waals surface area contributed by atoms with Crippen LogP contribution in [0, 0.1) is 11.6 Å². The number of benzene rings is 1. The molecule has 3 aromatic rings. The van der Waals surface area contributed by atoms with Gasteiger partial charge in [-0.1, -0.05) is 11.6 Å². The maximum absolute atomic E-state index is 13.1. The molecule has 0 atom stereocenters. The SMILES string of the molecule is Fc1cc2ncc(Oc3cncc(Cl)c3)nc2cc1F. The number of halogens is 3. The highest BCUT2D eigenvalue weighted by Gasteiger charge is 2.08. The quantitative estimate of drug-likeness (QED) is 0.722. The molecule has 0 aliphatic carbocycles. The van der Waals surface area contributed by atoms with Gasteiger partial charge in [-0.25, -0.2) is 18.7 Å². The topological polar surface area (TPSA) is 47.9 Å². The Hall–Kier alpha value is -2.34. The molecule has 1 aromatic carbocycles. The summed E-state index contributed by atoms with van der Waals surface area (Å²) in [4.78, 5) is 11.8. The number of hydrogen-bond donors (Lipinski definition) is 0. The fraction of sp³-hybridized carbons (Fsp3) is 0. The van der Waals surface area contributed by atoms with Crippen molar-refractivity contribution in [1.82, 2.24) is 15.0 Å². The van der Waals surface area contributed by atoms with E-state index in [1.54, 1.807) is 6.07 Å². The molecular weight excluding hydrogens is 288 g/mol. The van der Waals surface area contributed by atoms with E-state index in [0.717, 1.165) is 12.1 Å². The highest BCUT2D eigenvalue weighted by molar-refractivity contribution is 6.30. The van der Waals surface area contributed by atoms with Gasteiger partial charge in [0, 0.05) is 24.4 Å². The van der Waals surface area contributed by atoms with E-state index in [1.807, 2.05) is 0 Å². The van der Waals surface area contributed by atoms with E-state index in [-0.39, 0.29) is 16.9 Å². The lowest BCUT2D eigenvalue weighted by atomic mass is 10.3. The molecule has 0 spiro atoms. The zero-order chi connectivity index (χ0) is 14.1. The van der Waals surface area contributed by atoms with Gasteiger partial charge in [-0.3, -0.25) is 4.98 Å². The van der Waals surface area contributed by atoms with Crippen LogP contribution in [0.2, 0.25) is 5.02 Å². The maximum Gasteiger partial charge on any atom is 0.238 e. The molecule has 7 heteroatoms. The molecule has 2 aromatic heterocycles. The summed E-state index contributed by atoms with van der Waals surface area (Å²) in [5.74, 6) is -1.46. The molecule has 0 aliphatic rings. The van der Waals surface area contributed by atoms with Gasteiger partial charge in [-0.05, 0) is 0 Å². The Morgan fingerprint density at radius 2 is 1.70 bits per heavy atom. The van der Waals surface area contributed by atoms with Gasteiger partial charge in [-0.15, -0.1) is 0 Å². The average Bonchev–Trinajstić information content (AvgIpc) is 2.40. The first-order valence-electron chi connectivity index (χ1n) is 5.52. The number of aromatic nitrogens is 3. The Bertz CT molecular complexity index is 798. The summed E-state index contributed by atoms with van der Waals surface area (Å²) in [6.07, 6.45) is 4.21. The summed E-state index contributed by atoms with van der Waals surface area (Å²) in [7, 11) is 0. The van der Waals surface area contributed by atoms with Crippen molar-refractivity contribution in [3.05, 3.63) is 53.4 Å². The predicted octanol–water partition coefficient (Wildman–Crippen LogP) is 3.75. The fourth-order valence-electron chi connectivity index (χ4n) is 1.61. The lowest BCUT2D eigenvalue weighted by molar-refractivity contribution is 0.460. The van der Waals surface area contributed by atoms with Crippen molar-refractivity contribution in [2.24, 2.45) is 0 Å². The first-order valence-corrected chi connectivity index (χ1v) is 5.90. The summed E-state index contributed by atoms with van der Waals surface area (Å²) in [6.45, 7) is 0. The van der Waals surface area contributed by atoms with Crippen molar-refractivity contribution >= 4 is 22.6 Å². The molecule has 3 rings (SSSR count). The van der Waals surface area contributed by atoms with E-state index in [0.29, 0.717) is 10.8 Å². The third kappa shape index (κ3) is 2.50. The minimum atomic E-state index is -0.992. The number of ether oxygens (including phenoxy) is 1. The van der Waals surface area contributed by atoms with Crippen molar-refractivity contribution in [2.45, 2.75) is 0 Å². The zero-order valence-corrected chi connectivity index (χ0v) is 10.6. The number of nitrogens with zero attached hydrogens (tertiary/aromatic N) is 3. The second-order valence-electron chi connectivity index (χ2n) is 3.90. The molecule has 0 unspecified atom stereocenters. The van der Waals surface area contributed by atoms with Gasteiger partial charge in [-0.2, -0.15) is 0 Å². The Morgan fingerprint density at radius 3 is 2.45 bits per heavy atom. The van der Waals surface area contributed by atoms with Gasteiger partial charge in [0.1, 0.15) is 5.75 Å². The first kappa shape index (κ1) is 12.7. The Labute approximate surface area is 117 Å². The molecule has 0 aliphatic heterocycles. The smallest absolute Gasteiger partial charge is 0.238 e. The second kappa shape index (κ2) is 4.97. The van der Waals surface area contributed by atoms with E-state index in [4.69, 9.17) is 16.3 Å². The molecular formula is C13H6ClF2N3O. The van der Waals surface area contributed by atoms with E-state index in [2.05, 4.69) is 15.0 Å². The van der Waals surface area contributed by atoms with Gasteiger partial charge in [0.05, 0.1) is 28.4 Å². The van der Waals surface area contributed by atoms with Crippen LogP contribution in [0.25, 0.3) is 11.0 Å². The van der Waals surface area contributed by atoms with E-state index in [9.17, 15) is 8.78 Å². The Kier molecular flexibility index (Phi) is 3.15. The number of pyridine rings is 1. The third-order valence-corrected chi connectivity index (χ3v) is 2.67. The molecule has 0 fully saturated rings. The standard InChI is InChI=1S/C13H6ClF2N3O/c14-7-1-8(5-17-4-7)20-13-6-18-11-2-9(15)10(16)3-12(11)19-13/h1-6H. The summed E-state index contributed by atoms with van der Waals surface area (Å²) in [6, 6.07) is 3.48. The number of rotatable bonds is 2. The van der Waals surface area contributed by atoms with E-state index >= 15 is 0 Å². The maximum atomic E-state index is 13.1. The fourth-order valence-corrected chi connectivity index (χ4v) is 1.77. The molecule has 0 N–H and O–H groups in total. The van der Waals surface area contributed by atoms with Gasteiger partial charge < -0.3 is 4.74 Å². The van der Waals surface area contributed by atoms with Gasteiger partial charge >= 0.3 is 0 Å². The highest BCUT2D eigenvalue weighted by Crippen LogP contribution is 2.23. The minimum Gasteiger partial charge on any atom is -0.436 e. The lowest BCUT2D eigenvalue weighted by Crippen LogP contribution is -1.93. The van der Waals surface area contributed by atoms with Crippen LogP contribution in [0.5, 0.6) is 11.6 Å². The molecule has 4 nitrogen and oxygen atoms in total. The Balaban J connectivity index is 1.98. The van der Waals surface area contributed by atoms with Crippen molar-refractivity contribution in [2.75, 3.05) is 0 Å². The monoisotopic (exact) mass is 293 g/mol. The third-order valence-electron chi connectivity index (χ3n) is 2.46. The minimum absolute atomic E-state index is 0.132. The van der Waals surface area contributed by atoms with Gasteiger partial charge in [0.2, 0.25) is 5.88 Å². The molecule has 0 saturated carbocycles. The normalized spacial score (nSPS) is 10.8. The average molecular weight is 294 g/mol. The summed E-state index contributed by atoms with van der Waals surface area (Å²) < 4.78 is 31.6. The molecule has 100 valence electrons. The summed E-state index contributed by atoms with van der Waals surface area (Å²) >= 11 is 5.77. The van der Waals surface area contributed by atoms with Crippen LogP contribution in [-0.4, -0.2) is 15.0 Å².